The van der Waals surface area contributed by atoms with E-state index in [4.69, 9.17) is 23.2 Å². The number of halogens is 2. The van der Waals surface area contributed by atoms with Crippen LogP contribution < -0.4 is 0 Å². The first kappa shape index (κ1) is 12.9. The Kier molecular flexibility index (Phi) is 4.74. The molecule has 0 radical (unpaired) electrons. The summed E-state index contributed by atoms with van der Waals surface area (Å²) in [7, 11) is 0. The van der Waals surface area contributed by atoms with E-state index in [-0.39, 0.29) is 5.25 Å². The van der Waals surface area contributed by atoms with Crippen LogP contribution in [0.1, 0.15) is 11.7 Å². The van der Waals surface area contributed by atoms with Crippen LogP contribution in [0.5, 0.6) is 0 Å². The number of benzene rings is 1. The molecule has 1 fully saturated rings. The van der Waals surface area contributed by atoms with Gasteiger partial charge in [-0.25, -0.2) is 0 Å². The Labute approximate surface area is 114 Å². The van der Waals surface area contributed by atoms with Crippen molar-refractivity contribution in [3.05, 3.63) is 33.8 Å². The van der Waals surface area contributed by atoms with E-state index < -0.39 is 6.10 Å². The molecule has 1 nitrogen and oxygen atoms in total. The summed E-state index contributed by atoms with van der Waals surface area (Å²) in [6.07, 6.45) is -0.524. The first-order valence-electron chi connectivity index (χ1n) is 5.01. The monoisotopic (exact) mass is 294 g/mol. The Bertz CT molecular complexity index is 367. The highest BCUT2D eigenvalue weighted by Gasteiger charge is 2.25. The zero-order chi connectivity index (χ0) is 11.5. The van der Waals surface area contributed by atoms with Gasteiger partial charge in [0.2, 0.25) is 0 Å². The predicted molar refractivity (Wildman–Crippen MR) is 75.0 cm³/mol. The van der Waals surface area contributed by atoms with Gasteiger partial charge in [-0.05, 0) is 18.2 Å². The molecule has 16 heavy (non-hydrogen) atoms. The van der Waals surface area contributed by atoms with Gasteiger partial charge in [0.05, 0.1) is 6.10 Å². The molecular weight excluding hydrogens is 283 g/mol. The van der Waals surface area contributed by atoms with Gasteiger partial charge in [0.15, 0.2) is 0 Å². The molecule has 1 heterocycles. The lowest BCUT2D eigenvalue weighted by Gasteiger charge is -2.26. The minimum absolute atomic E-state index is 0.217. The maximum atomic E-state index is 10.3. The number of hydrogen-bond donors (Lipinski definition) is 1. The Morgan fingerprint density at radius 3 is 2.81 bits per heavy atom. The average Bonchev–Trinajstić information content (AvgIpc) is 2.32. The van der Waals surface area contributed by atoms with Crippen molar-refractivity contribution in [2.75, 3.05) is 17.3 Å². The molecule has 0 bridgehead atoms. The van der Waals surface area contributed by atoms with Crippen LogP contribution >= 0.6 is 46.7 Å². The lowest BCUT2D eigenvalue weighted by atomic mass is 10.1. The smallest absolute Gasteiger partial charge is 0.0931 e. The molecule has 1 aliphatic rings. The fourth-order valence-corrected chi connectivity index (χ4v) is 4.78. The molecule has 1 aromatic rings. The Balaban J connectivity index is 2.18. The summed E-state index contributed by atoms with van der Waals surface area (Å²) in [4.78, 5) is 0. The largest absolute Gasteiger partial charge is 0.387 e. The molecule has 0 aliphatic carbocycles. The molecule has 1 aromatic carbocycles. The molecule has 1 aliphatic heterocycles. The fourth-order valence-electron chi connectivity index (χ4n) is 1.63. The summed E-state index contributed by atoms with van der Waals surface area (Å²) < 4.78 is 0. The van der Waals surface area contributed by atoms with E-state index in [1.807, 2.05) is 23.5 Å². The minimum atomic E-state index is -0.524. The third kappa shape index (κ3) is 3.02. The number of rotatable bonds is 2. The minimum Gasteiger partial charge on any atom is -0.387 e. The van der Waals surface area contributed by atoms with E-state index in [1.165, 1.54) is 0 Å². The molecule has 0 saturated carbocycles. The van der Waals surface area contributed by atoms with E-state index in [2.05, 4.69) is 0 Å². The maximum Gasteiger partial charge on any atom is 0.0931 e. The van der Waals surface area contributed by atoms with Gasteiger partial charge in [-0.1, -0.05) is 23.2 Å². The van der Waals surface area contributed by atoms with Gasteiger partial charge in [0.25, 0.3) is 0 Å². The standard InChI is InChI=1S/C11H12Cl2OS2/c12-7-1-2-9(13)8(5-7)11(14)10-6-15-3-4-16-10/h1-2,5,10-11,14H,3-4,6H2. The average molecular weight is 295 g/mol. The topological polar surface area (TPSA) is 20.2 Å². The molecule has 0 spiro atoms. The third-order valence-corrected chi connectivity index (χ3v) is 5.90. The van der Waals surface area contributed by atoms with Crippen LogP contribution in [0.25, 0.3) is 0 Å². The van der Waals surface area contributed by atoms with E-state index >= 15 is 0 Å². The second kappa shape index (κ2) is 5.87. The van der Waals surface area contributed by atoms with E-state index in [9.17, 15) is 5.11 Å². The van der Waals surface area contributed by atoms with Gasteiger partial charge in [-0.2, -0.15) is 23.5 Å². The quantitative estimate of drug-likeness (QED) is 0.894. The van der Waals surface area contributed by atoms with Gasteiger partial charge in [-0.3, -0.25) is 0 Å². The Morgan fingerprint density at radius 2 is 2.12 bits per heavy atom. The molecule has 2 atom stereocenters. The third-order valence-electron chi connectivity index (χ3n) is 2.47. The van der Waals surface area contributed by atoms with Crippen molar-refractivity contribution >= 4 is 46.7 Å². The van der Waals surface area contributed by atoms with E-state index in [1.54, 1.807) is 18.2 Å². The van der Waals surface area contributed by atoms with Gasteiger partial charge < -0.3 is 5.11 Å². The SMILES string of the molecule is OC(c1cc(Cl)ccc1Cl)C1CSCCS1. The van der Waals surface area contributed by atoms with Crippen molar-refractivity contribution in [3.63, 3.8) is 0 Å². The highest BCUT2D eigenvalue weighted by molar-refractivity contribution is 8.06. The highest BCUT2D eigenvalue weighted by Crippen LogP contribution is 2.36. The fraction of sp³-hybridized carbons (Fsp3) is 0.455. The summed E-state index contributed by atoms with van der Waals surface area (Å²) in [5.41, 5.74) is 0.745. The van der Waals surface area contributed by atoms with Gasteiger partial charge in [0, 0.05) is 38.1 Å². The van der Waals surface area contributed by atoms with Crippen LogP contribution in [0.4, 0.5) is 0 Å². The predicted octanol–water partition coefficient (Wildman–Crippen LogP) is 3.88. The van der Waals surface area contributed by atoms with Crippen molar-refractivity contribution in [3.8, 4) is 0 Å². The number of aliphatic hydroxyl groups excluding tert-OH is 1. The first-order chi connectivity index (χ1) is 7.68. The first-order valence-corrected chi connectivity index (χ1v) is 7.97. The van der Waals surface area contributed by atoms with Crippen molar-refractivity contribution < 1.29 is 5.11 Å². The molecule has 2 rings (SSSR count). The van der Waals surface area contributed by atoms with E-state index in [0.717, 1.165) is 22.8 Å². The highest BCUT2D eigenvalue weighted by atomic mass is 35.5. The number of aliphatic hydroxyl groups is 1. The zero-order valence-corrected chi connectivity index (χ0v) is 11.7. The molecule has 1 N–H and O–H groups in total. The molecule has 0 aromatic heterocycles. The number of thioether (sulfide) groups is 2. The van der Waals surface area contributed by atoms with Crippen LogP contribution in [-0.4, -0.2) is 27.6 Å². The summed E-state index contributed by atoms with van der Waals surface area (Å²) >= 11 is 15.7. The summed E-state index contributed by atoms with van der Waals surface area (Å²) in [6, 6.07) is 5.24. The lowest BCUT2D eigenvalue weighted by Crippen LogP contribution is -2.22. The molecule has 5 heteroatoms. The number of hydrogen-bond acceptors (Lipinski definition) is 3. The van der Waals surface area contributed by atoms with Gasteiger partial charge in [0.1, 0.15) is 0 Å². The van der Waals surface area contributed by atoms with Gasteiger partial charge >= 0.3 is 0 Å². The van der Waals surface area contributed by atoms with Crippen LogP contribution in [0.15, 0.2) is 18.2 Å². The van der Waals surface area contributed by atoms with Crippen LogP contribution in [0.3, 0.4) is 0 Å². The molecule has 1 saturated heterocycles. The molecule has 88 valence electrons. The van der Waals surface area contributed by atoms with Crippen molar-refractivity contribution in [2.24, 2.45) is 0 Å². The Morgan fingerprint density at radius 1 is 1.31 bits per heavy atom. The summed E-state index contributed by atoms with van der Waals surface area (Å²) in [6.45, 7) is 0. The second-order valence-electron chi connectivity index (χ2n) is 3.59. The summed E-state index contributed by atoms with van der Waals surface area (Å²) in [5.74, 6) is 3.22. The van der Waals surface area contributed by atoms with E-state index in [0.29, 0.717) is 10.0 Å². The van der Waals surface area contributed by atoms with Crippen LogP contribution in [0.2, 0.25) is 10.0 Å². The van der Waals surface area contributed by atoms with Crippen LogP contribution in [-0.2, 0) is 0 Å². The molecular formula is C11H12Cl2OS2. The van der Waals surface area contributed by atoms with Crippen LogP contribution in [0, 0.1) is 0 Å². The lowest BCUT2D eigenvalue weighted by molar-refractivity contribution is 0.180. The van der Waals surface area contributed by atoms with Crippen molar-refractivity contribution in [2.45, 2.75) is 11.4 Å². The summed E-state index contributed by atoms with van der Waals surface area (Å²) in [5, 5.41) is 11.7. The Hall–Kier alpha value is 0.460. The van der Waals surface area contributed by atoms with Gasteiger partial charge in [-0.15, -0.1) is 0 Å². The molecule has 0 amide bonds. The normalized spacial score (nSPS) is 23.1. The maximum absolute atomic E-state index is 10.3. The second-order valence-corrected chi connectivity index (χ2v) is 6.94. The van der Waals surface area contributed by atoms with Crippen molar-refractivity contribution in [1.29, 1.82) is 0 Å². The molecule has 2 unspecified atom stereocenters. The van der Waals surface area contributed by atoms with Crippen molar-refractivity contribution in [1.82, 2.24) is 0 Å². The zero-order valence-electron chi connectivity index (χ0n) is 8.53.